The molecule has 0 unspecified atom stereocenters. The maximum atomic E-state index is 4.10. The molecule has 3 nitrogen and oxygen atoms in total. The van der Waals surface area contributed by atoms with Gasteiger partial charge in [0, 0.05) is 19.3 Å². The van der Waals surface area contributed by atoms with Crippen LogP contribution >= 0.6 is 0 Å². The van der Waals surface area contributed by atoms with Gasteiger partial charge in [-0.1, -0.05) is 0 Å². The lowest BCUT2D eigenvalue weighted by Crippen LogP contribution is -2.21. The molecule has 0 aliphatic carbocycles. The third kappa shape index (κ3) is 1.02. The van der Waals surface area contributed by atoms with E-state index in [1.807, 2.05) is 12.4 Å². The molecule has 0 saturated heterocycles. The lowest BCUT2D eigenvalue weighted by molar-refractivity contribution is 1.03. The number of nitrogens with zero attached hydrogens (tertiary/aromatic N) is 1. The van der Waals surface area contributed by atoms with Crippen LogP contribution in [0.1, 0.15) is 5.56 Å². The van der Waals surface area contributed by atoms with Crippen LogP contribution in [0, 0.1) is 6.92 Å². The Balaban J connectivity index is 2.49. The number of rotatable bonds is 0. The number of pyridine rings is 1. The highest BCUT2D eigenvalue weighted by Gasteiger charge is 2.08. The van der Waals surface area contributed by atoms with Crippen molar-refractivity contribution in [2.45, 2.75) is 6.92 Å². The molecule has 0 atom stereocenters. The van der Waals surface area contributed by atoms with Crippen molar-refractivity contribution in [2.24, 2.45) is 0 Å². The number of anilines is 2. The van der Waals surface area contributed by atoms with Crippen LogP contribution in [0.5, 0.6) is 0 Å². The number of hydrogen-bond donors (Lipinski definition) is 2. The Kier molecular flexibility index (Phi) is 1.42. The third-order valence-corrected chi connectivity index (χ3v) is 1.88. The Morgan fingerprint density at radius 2 is 2.09 bits per heavy atom. The van der Waals surface area contributed by atoms with Crippen molar-refractivity contribution < 1.29 is 0 Å². The van der Waals surface area contributed by atoms with Gasteiger partial charge in [0.25, 0.3) is 0 Å². The van der Waals surface area contributed by atoms with Crippen LogP contribution in [0.3, 0.4) is 0 Å². The Morgan fingerprint density at radius 3 is 2.91 bits per heavy atom. The first-order chi connectivity index (χ1) is 5.38. The molecule has 11 heavy (non-hydrogen) atoms. The van der Waals surface area contributed by atoms with Gasteiger partial charge in [-0.15, -0.1) is 0 Å². The smallest absolute Gasteiger partial charge is 0.0765 e. The van der Waals surface area contributed by atoms with Crippen LogP contribution in [-0.2, 0) is 0 Å². The van der Waals surface area contributed by atoms with Gasteiger partial charge in [0.2, 0.25) is 0 Å². The normalized spacial score (nSPS) is 14.6. The van der Waals surface area contributed by atoms with Crippen LogP contribution < -0.4 is 10.6 Å². The molecule has 1 aromatic rings. The average Bonchev–Trinajstić information content (AvgIpc) is 2.06. The number of nitrogens with one attached hydrogen (secondary N) is 2. The van der Waals surface area contributed by atoms with E-state index in [0.29, 0.717) is 0 Å². The summed E-state index contributed by atoms with van der Waals surface area (Å²) in [6.45, 7) is 4.04. The molecule has 0 spiro atoms. The minimum Gasteiger partial charge on any atom is -0.381 e. The molecule has 0 saturated carbocycles. The fourth-order valence-electron chi connectivity index (χ4n) is 1.32. The van der Waals surface area contributed by atoms with Crippen molar-refractivity contribution in [2.75, 3.05) is 23.7 Å². The highest BCUT2D eigenvalue weighted by atomic mass is 15.0. The quantitative estimate of drug-likeness (QED) is 0.582. The summed E-state index contributed by atoms with van der Waals surface area (Å²) in [5.74, 6) is 0. The zero-order chi connectivity index (χ0) is 7.68. The molecule has 0 bridgehead atoms. The van der Waals surface area contributed by atoms with E-state index in [2.05, 4.69) is 22.5 Å². The summed E-state index contributed by atoms with van der Waals surface area (Å²) < 4.78 is 0. The van der Waals surface area contributed by atoms with Crippen molar-refractivity contribution in [3.05, 3.63) is 18.0 Å². The van der Waals surface area contributed by atoms with E-state index in [4.69, 9.17) is 0 Å². The van der Waals surface area contributed by atoms with Gasteiger partial charge in [0.05, 0.1) is 17.6 Å². The van der Waals surface area contributed by atoms with E-state index < -0.39 is 0 Å². The highest BCUT2D eigenvalue weighted by molar-refractivity contribution is 5.72. The van der Waals surface area contributed by atoms with Crippen LogP contribution in [0.15, 0.2) is 12.4 Å². The number of aryl methyl sites for hydroxylation is 1. The molecule has 0 aromatic carbocycles. The summed E-state index contributed by atoms with van der Waals surface area (Å²) in [7, 11) is 0. The second-order valence-corrected chi connectivity index (χ2v) is 2.73. The van der Waals surface area contributed by atoms with Crippen LogP contribution in [0.2, 0.25) is 0 Å². The third-order valence-electron chi connectivity index (χ3n) is 1.88. The number of hydrogen-bond acceptors (Lipinski definition) is 3. The number of fused-ring (bicyclic) bond motifs is 1. The average molecular weight is 149 g/mol. The van der Waals surface area contributed by atoms with Crippen molar-refractivity contribution in [1.82, 2.24) is 4.98 Å². The van der Waals surface area contributed by atoms with Gasteiger partial charge in [-0.2, -0.15) is 0 Å². The predicted molar refractivity (Wildman–Crippen MR) is 46.0 cm³/mol. The van der Waals surface area contributed by atoms with Gasteiger partial charge in [-0.3, -0.25) is 4.98 Å². The van der Waals surface area contributed by atoms with Crippen LogP contribution in [0.4, 0.5) is 11.4 Å². The molecular weight excluding hydrogens is 138 g/mol. The Hall–Kier alpha value is -1.25. The minimum atomic E-state index is 0.984. The zero-order valence-electron chi connectivity index (χ0n) is 6.52. The standard InChI is InChI=1S/C8H11N3/c1-6-4-9-5-7-8(6)11-3-2-10-7/h4-5,10-11H,2-3H2,1H3. The van der Waals surface area contributed by atoms with Crippen molar-refractivity contribution in [3.63, 3.8) is 0 Å². The van der Waals surface area contributed by atoms with E-state index in [-0.39, 0.29) is 0 Å². The summed E-state index contributed by atoms with van der Waals surface area (Å²) in [4.78, 5) is 4.10. The molecule has 1 aliphatic heterocycles. The van der Waals surface area contributed by atoms with Crippen LogP contribution in [-0.4, -0.2) is 18.1 Å². The summed E-state index contributed by atoms with van der Waals surface area (Å²) in [6.07, 6.45) is 3.73. The maximum absolute atomic E-state index is 4.10. The fraction of sp³-hybridized carbons (Fsp3) is 0.375. The predicted octanol–water partition coefficient (Wildman–Crippen LogP) is 1.23. The maximum Gasteiger partial charge on any atom is 0.0765 e. The lowest BCUT2D eigenvalue weighted by atomic mass is 10.2. The molecule has 3 heteroatoms. The number of aromatic nitrogens is 1. The molecule has 0 amide bonds. The van der Waals surface area contributed by atoms with Gasteiger partial charge >= 0.3 is 0 Å². The van der Waals surface area contributed by atoms with E-state index >= 15 is 0 Å². The summed E-state index contributed by atoms with van der Waals surface area (Å²) >= 11 is 0. The SMILES string of the molecule is Cc1cncc2c1NCCN2. The summed E-state index contributed by atoms with van der Waals surface area (Å²) in [5.41, 5.74) is 3.53. The zero-order valence-corrected chi connectivity index (χ0v) is 6.52. The van der Waals surface area contributed by atoms with Crippen molar-refractivity contribution in [1.29, 1.82) is 0 Å². The van der Waals surface area contributed by atoms with E-state index in [0.717, 1.165) is 18.8 Å². The van der Waals surface area contributed by atoms with Gasteiger partial charge in [0.1, 0.15) is 0 Å². The molecule has 2 rings (SSSR count). The van der Waals surface area contributed by atoms with Crippen LogP contribution in [0.25, 0.3) is 0 Å². The monoisotopic (exact) mass is 149 g/mol. The Labute approximate surface area is 65.8 Å². The van der Waals surface area contributed by atoms with Gasteiger partial charge in [-0.05, 0) is 12.5 Å². The van der Waals surface area contributed by atoms with Gasteiger partial charge in [0.15, 0.2) is 0 Å². The summed E-state index contributed by atoms with van der Waals surface area (Å²) in [6, 6.07) is 0. The highest BCUT2D eigenvalue weighted by Crippen LogP contribution is 2.25. The largest absolute Gasteiger partial charge is 0.381 e. The first-order valence-electron chi connectivity index (χ1n) is 3.80. The topological polar surface area (TPSA) is 37.0 Å². The minimum absolute atomic E-state index is 0.984. The van der Waals surface area contributed by atoms with E-state index in [1.165, 1.54) is 11.3 Å². The van der Waals surface area contributed by atoms with Gasteiger partial charge < -0.3 is 10.6 Å². The van der Waals surface area contributed by atoms with Crippen molar-refractivity contribution in [3.8, 4) is 0 Å². The second kappa shape index (κ2) is 2.42. The van der Waals surface area contributed by atoms with Gasteiger partial charge in [-0.25, -0.2) is 0 Å². The first kappa shape index (κ1) is 6.46. The fourth-order valence-corrected chi connectivity index (χ4v) is 1.32. The Bertz CT molecular complexity index is 270. The molecular formula is C8H11N3. The second-order valence-electron chi connectivity index (χ2n) is 2.73. The molecule has 2 N–H and O–H groups in total. The molecule has 0 fully saturated rings. The molecule has 2 heterocycles. The summed E-state index contributed by atoms with van der Waals surface area (Å²) in [5, 5.41) is 6.61. The molecule has 0 radical (unpaired) electrons. The molecule has 1 aromatic heterocycles. The molecule has 58 valence electrons. The van der Waals surface area contributed by atoms with E-state index in [1.54, 1.807) is 0 Å². The lowest BCUT2D eigenvalue weighted by Gasteiger charge is -2.20. The van der Waals surface area contributed by atoms with Crippen molar-refractivity contribution >= 4 is 11.4 Å². The first-order valence-corrected chi connectivity index (χ1v) is 3.80. The Morgan fingerprint density at radius 1 is 1.27 bits per heavy atom. The molecule has 1 aliphatic rings. The van der Waals surface area contributed by atoms with E-state index in [9.17, 15) is 0 Å².